The van der Waals surface area contributed by atoms with Gasteiger partial charge in [0.15, 0.2) is 0 Å². The summed E-state index contributed by atoms with van der Waals surface area (Å²) in [5, 5.41) is 7.30. The first-order valence-electron chi connectivity index (χ1n) is 9.35. The number of nitrogens with one attached hydrogen (secondary N) is 2. The third-order valence-corrected chi connectivity index (χ3v) is 5.40. The molecule has 2 aliphatic rings. The fraction of sp³-hybridized carbons (Fsp3) is 0.350. The van der Waals surface area contributed by atoms with Gasteiger partial charge >= 0.3 is 0 Å². The number of pyridine rings is 1. The lowest BCUT2D eigenvalue weighted by Gasteiger charge is -2.26. The third-order valence-electron chi connectivity index (χ3n) is 5.09. The molecule has 0 saturated carbocycles. The van der Waals surface area contributed by atoms with E-state index >= 15 is 0 Å². The molecule has 1 saturated heterocycles. The van der Waals surface area contributed by atoms with Gasteiger partial charge in [-0.05, 0) is 29.8 Å². The normalized spacial score (nSPS) is 22.1. The lowest BCUT2D eigenvalue weighted by Crippen LogP contribution is -2.34. The molecule has 7 nitrogen and oxygen atoms in total. The van der Waals surface area contributed by atoms with Gasteiger partial charge in [0.05, 0.1) is 35.4 Å². The Balaban J connectivity index is 1.63. The Morgan fingerprint density at radius 2 is 2.17 bits per heavy atom. The number of hydrazone groups is 1. The molecular weight excluding hydrogens is 399 g/mol. The number of hydrogen-bond acceptors (Lipinski definition) is 5. The molecule has 2 atom stereocenters. The minimum atomic E-state index is -0.501. The summed E-state index contributed by atoms with van der Waals surface area (Å²) < 4.78 is 21.6. The third kappa shape index (κ3) is 4.24. The highest BCUT2D eigenvalue weighted by atomic mass is 35.5. The molecule has 1 aromatic carbocycles. The Hall–Kier alpha value is -2.55. The second-order valence-corrected chi connectivity index (χ2v) is 7.49. The molecule has 1 fully saturated rings. The summed E-state index contributed by atoms with van der Waals surface area (Å²) in [5.41, 5.74) is 3.64. The van der Waals surface area contributed by atoms with Gasteiger partial charge in [0.2, 0.25) is 5.91 Å². The number of carbonyl (C=O) groups excluding carboxylic acids is 1. The van der Waals surface area contributed by atoms with E-state index in [1.807, 2.05) is 0 Å². The summed E-state index contributed by atoms with van der Waals surface area (Å²) in [6, 6.07) is 8.06. The number of nitrogens with zero attached hydrogens (tertiary/aromatic N) is 2. The molecule has 2 N–H and O–H groups in total. The Labute approximate surface area is 171 Å². The Kier molecular flexibility index (Phi) is 5.75. The van der Waals surface area contributed by atoms with Crippen molar-refractivity contribution in [2.45, 2.75) is 19.1 Å². The zero-order valence-corrected chi connectivity index (χ0v) is 16.3. The van der Waals surface area contributed by atoms with Gasteiger partial charge in [0.25, 0.3) is 5.56 Å². The minimum absolute atomic E-state index is 0.0569. The highest BCUT2D eigenvalue weighted by molar-refractivity contribution is 6.30. The largest absolute Gasteiger partial charge is 0.372 e. The predicted molar refractivity (Wildman–Crippen MR) is 106 cm³/mol. The van der Waals surface area contributed by atoms with Crippen LogP contribution in [-0.4, -0.2) is 35.9 Å². The molecule has 0 radical (unpaired) electrons. The van der Waals surface area contributed by atoms with E-state index in [4.69, 9.17) is 16.3 Å². The Morgan fingerprint density at radius 3 is 2.93 bits per heavy atom. The first-order chi connectivity index (χ1) is 14.0. The van der Waals surface area contributed by atoms with Gasteiger partial charge in [-0.1, -0.05) is 17.7 Å². The minimum Gasteiger partial charge on any atom is -0.372 e. The van der Waals surface area contributed by atoms with E-state index in [0.29, 0.717) is 43.1 Å². The van der Waals surface area contributed by atoms with E-state index in [1.165, 1.54) is 12.1 Å². The van der Waals surface area contributed by atoms with E-state index in [9.17, 15) is 14.0 Å². The van der Waals surface area contributed by atoms with Gasteiger partial charge in [-0.15, -0.1) is 0 Å². The lowest BCUT2D eigenvalue weighted by atomic mass is 9.95. The number of amides is 1. The molecule has 3 heterocycles. The Bertz CT molecular complexity index is 1020. The average Bonchev–Trinajstić information content (AvgIpc) is 3.00. The molecule has 2 aromatic rings. The summed E-state index contributed by atoms with van der Waals surface area (Å²) in [6.07, 6.45) is 1.39. The topological polar surface area (TPSA) is 84.7 Å². The molecule has 152 valence electrons. The van der Waals surface area contributed by atoms with Crippen molar-refractivity contribution in [2.75, 3.05) is 19.7 Å². The molecule has 0 spiro atoms. The summed E-state index contributed by atoms with van der Waals surface area (Å²) in [6.45, 7) is 2.11. The highest BCUT2D eigenvalue weighted by Crippen LogP contribution is 2.30. The fourth-order valence-electron chi connectivity index (χ4n) is 3.68. The van der Waals surface area contributed by atoms with E-state index < -0.39 is 5.82 Å². The molecule has 2 aliphatic heterocycles. The van der Waals surface area contributed by atoms with Crippen LogP contribution in [0.15, 0.2) is 46.4 Å². The van der Waals surface area contributed by atoms with Gasteiger partial charge in [-0.25, -0.2) is 9.82 Å². The van der Waals surface area contributed by atoms with Gasteiger partial charge < -0.3 is 14.6 Å². The first-order valence-corrected chi connectivity index (χ1v) is 9.73. The molecule has 0 aliphatic carbocycles. The predicted octanol–water partition coefficient (Wildman–Crippen LogP) is 1.84. The van der Waals surface area contributed by atoms with Gasteiger partial charge in [-0.2, -0.15) is 5.10 Å². The van der Waals surface area contributed by atoms with Crippen LogP contribution in [0.3, 0.4) is 0 Å². The van der Waals surface area contributed by atoms with Crippen molar-refractivity contribution in [2.24, 2.45) is 11.0 Å². The van der Waals surface area contributed by atoms with E-state index in [0.717, 1.165) is 0 Å². The van der Waals surface area contributed by atoms with Crippen molar-refractivity contribution in [3.63, 3.8) is 0 Å². The fourth-order valence-corrected chi connectivity index (χ4v) is 3.79. The van der Waals surface area contributed by atoms with Crippen LogP contribution in [0.5, 0.6) is 0 Å². The van der Waals surface area contributed by atoms with Crippen molar-refractivity contribution >= 4 is 23.2 Å². The van der Waals surface area contributed by atoms with Crippen LogP contribution >= 0.6 is 11.6 Å². The number of aromatic nitrogens is 1. The van der Waals surface area contributed by atoms with Crippen molar-refractivity contribution in [3.8, 4) is 0 Å². The van der Waals surface area contributed by atoms with Crippen LogP contribution in [0.25, 0.3) is 0 Å². The van der Waals surface area contributed by atoms with Crippen molar-refractivity contribution < 1.29 is 13.9 Å². The van der Waals surface area contributed by atoms with Gasteiger partial charge in [0.1, 0.15) is 5.82 Å². The molecule has 1 aromatic heterocycles. The number of halogens is 2. The second-order valence-electron chi connectivity index (χ2n) is 7.08. The van der Waals surface area contributed by atoms with Crippen molar-refractivity contribution in [3.05, 3.63) is 68.8 Å². The maximum atomic E-state index is 14.0. The monoisotopic (exact) mass is 418 g/mol. The van der Waals surface area contributed by atoms with E-state index in [2.05, 4.69) is 15.8 Å². The molecule has 9 heteroatoms. The zero-order chi connectivity index (χ0) is 20.4. The standard InChI is InChI=1S/C20H20ClFN4O3/c21-15-4-3-12(8-16(15)22)19-13(10-23-5-7-29-19)11-26-6-1-2-14(20(26)28)17-9-18(27)25-24-17/h1-4,6,8,13,19,23H,5,7,9-11H2,(H,25,27)/t13-,19-/m0/s1. The van der Waals surface area contributed by atoms with Crippen LogP contribution in [0.2, 0.25) is 5.02 Å². The number of hydrogen-bond donors (Lipinski definition) is 2. The van der Waals surface area contributed by atoms with Crippen LogP contribution < -0.4 is 16.3 Å². The molecule has 1 amide bonds. The maximum absolute atomic E-state index is 14.0. The number of benzene rings is 1. The van der Waals surface area contributed by atoms with Crippen LogP contribution in [0.1, 0.15) is 23.7 Å². The average molecular weight is 419 g/mol. The summed E-state index contributed by atoms with van der Waals surface area (Å²) in [4.78, 5) is 24.4. The quantitative estimate of drug-likeness (QED) is 0.793. The second kappa shape index (κ2) is 8.44. The van der Waals surface area contributed by atoms with Crippen LogP contribution in [0, 0.1) is 11.7 Å². The summed E-state index contributed by atoms with van der Waals surface area (Å²) >= 11 is 5.81. The van der Waals surface area contributed by atoms with Gasteiger partial charge in [0, 0.05) is 31.7 Å². The summed E-state index contributed by atoms with van der Waals surface area (Å²) in [5.74, 6) is -0.850. The Morgan fingerprint density at radius 1 is 1.31 bits per heavy atom. The van der Waals surface area contributed by atoms with Gasteiger partial charge in [-0.3, -0.25) is 9.59 Å². The summed E-state index contributed by atoms with van der Waals surface area (Å²) in [7, 11) is 0. The first kappa shape index (κ1) is 19.8. The van der Waals surface area contributed by atoms with E-state index in [-0.39, 0.29) is 34.9 Å². The number of rotatable bonds is 4. The molecule has 0 unspecified atom stereocenters. The van der Waals surface area contributed by atoms with Crippen molar-refractivity contribution in [1.29, 1.82) is 0 Å². The zero-order valence-electron chi connectivity index (χ0n) is 15.5. The smallest absolute Gasteiger partial charge is 0.259 e. The SMILES string of the molecule is O=C1CC(c2cccn(C[C@@H]3CNCCO[C@H]3c3ccc(Cl)c(F)c3)c2=O)=NN1. The van der Waals surface area contributed by atoms with Crippen LogP contribution in [-0.2, 0) is 16.1 Å². The highest BCUT2D eigenvalue weighted by Gasteiger charge is 2.28. The van der Waals surface area contributed by atoms with E-state index in [1.54, 1.807) is 29.0 Å². The molecular formula is C20H20ClFN4O3. The lowest BCUT2D eigenvalue weighted by molar-refractivity contribution is -0.119. The molecule has 4 rings (SSSR count). The van der Waals surface area contributed by atoms with Crippen LogP contribution in [0.4, 0.5) is 4.39 Å². The molecule has 29 heavy (non-hydrogen) atoms. The molecule has 0 bridgehead atoms. The number of ether oxygens (including phenoxy) is 1. The maximum Gasteiger partial charge on any atom is 0.259 e. The number of carbonyl (C=O) groups is 1. The van der Waals surface area contributed by atoms with Crippen molar-refractivity contribution in [1.82, 2.24) is 15.3 Å².